The molecule has 31 heavy (non-hydrogen) atoms. The van der Waals surface area contributed by atoms with Crippen molar-refractivity contribution in [2.24, 2.45) is 5.92 Å². The maximum absolute atomic E-state index is 13.0. The van der Waals surface area contributed by atoms with Crippen molar-refractivity contribution >= 4 is 38.3 Å². The Bertz CT molecular complexity index is 1110. The van der Waals surface area contributed by atoms with Crippen molar-refractivity contribution in [3.63, 3.8) is 0 Å². The van der Waals surface area contributed by atoms with E-state index < -0.39 is 0 Å². The van der Waals surface area contributed by atoms with Gasteiger partial charge in [0.05, 0.1) is 17.7 Å². The number of fused-ring (bicyclic) bond motifs is 1. The molecule has 3 heterocycles. The molecular weight excluding hydrogens is 408 g/mol. The van der Waals surface area contributed by atoms with Crippen molar-refractivity contribution < 1.29 is 9.53 Å². The van der Waals surface area contributed by atoms with Crippen molar-refractivity contribution in [2.45, 2.75) is 13.8 Å². The topological polar surface area (TPSA) is 48.9 Å². The summed E-state index contributed by atoms with van der Waals surface area (Å²) in [6, 6.07) is 12.6. The molecular formula is C24H28N4O2S. The molecule has 2 aliphatic rings. The second kappa shape index (κ2) is 8.04. The molecule has 1 aromatic heterocycles. The minimum absolute atomic E-state index is 0.0705. The van der Waals surface area contributed by atoms with Gasteiger partial charge in [-0.25, -0.2) is 4.98 Å². The van der Waals surface area contributed by atoms with Gasteiger partial charge in [0.1, 0.15) is 11.3 Å². The zero-order valence-corrected chi connectivity index (χ0v) is 19.1. The van der Waals surface area contributed by atoms with Gasteiger partial charge in [0, 0.05) is 45.0 Å². The smallest absolute Gasteiger partial charge is 0.229 e. The predicted molar refractivity (Wildman–Crippen MR) is 127 cm³/mol. The lowest BCUT2D eigenvalue weighted by atomic mass is 9.98. The Balaban J connectivity index is 1.18. The Kier molecular flexibility index (Phi) is 5.22. The molecule has 162 valence electrons. The standard InChI is InChI=1S/C24H28N4O2S/c1-16-7-8-17(2)19(13-16)26-9-11-27(12-10-26)23(29)18-14-28(15-18)24-25-22-20(30-3)5-4-6-21(22)31-24/h4-8,13,18H,9-12,14-15H2,1-3H3. The quantitative estimate of drug-likeness (QED) is 0.624. The Labute approximate surface area is 187 Å². The molecule has 0 saturated carbocycles. The van der Waals surface area contributed by atoms with Crippen LogP contribution in [-0.2, 0) is 4.79 Å². The first-order valence-corrected chi connectivity index (χ1v) is 11.6. The third-order valence-corrected chi connectivity index (χ3v) is 7.47. The van der Waals surface area contributed by atoms with E-state index in [0.717, 1.165) is 60.4 Å². The lowest BCUT2D eigenvalue weighted by Gasteiger charge is -2.43. The molecule has 1 amide bonds. The third kappa shape index (κ3) is 3.71. The molecule has 0 N–H and O–H groups in total. The average molecular weight is 437 g/mol. The molecule has 7 heteroatoms. The molecule has 2 saturated heterocycles. The van der Waals surface area contributed by atoms with Gasteiger partial charge in [0.15, 0.2) is 5.13 Å². The number of hydrogen-bond acceptors (Lipinski definition) is 6. The van der Waals surface area contributed by atoms with Gasteiger partial charge in [0.25, 0.3) is 0 Å². The second-order valence-corrected chi connectivity index (χ2v) is 9.52. The van der Waals surface area contributed by atoms with E-state index in [1.807, 2.05) is 17.0 Å². The fourth-order valence-corrected chi connectivity index (χ4v) is 5.49. The number of benzene rings is 2. The molecule has 2 aliphatic heterocycles. The van der Waals surface area contributed by atoms with Crippen LogP contribution < -0.4 is 14.5 Å². The number of para-hydroxylation sites is 1. The van der Waals surface area contributed by atoms with Gasteiger partial charge in [-0.05, 0) is 43.2 Å². The van der Waals surface area contributed by atoms with Crippen LogP contribution in [0.4, 0.5) is 10.8 Å². The highest BCUT2D eigenvalue weighted by Gasteiger charge is 2.37. The number of aromatic nitrogens is 1. The molecule has 6 nitrogen and oxygen atoms in total. The minimum atomic E-state index is 0.0705. The largest absolute Gasteiger partial charge is 0.494 e. The normalized spacial score (nSPS) is 17.2. The summed E-state index contributed by atoms with van der Waals surface area (Å²) in [6.07, 6.45) is 0. The van der Waals surface area contributed by atoms with Crippen LogP contribution in [0, 0.1) is 19.8 Å². The first kappa shape index (κ1) is 20.1. The molecule has 0 spiro atoms. The average Bonchev–Trinajstić information content (AvgIpc) is 3.18. The number of carbonyl (C=O) groups excluding carboxylic acids is 1. The summed E-state index contributed by atoms with van der Waals surface area (Å²) >= 11 is 1.66. The van der Waals surface area contributed by atoms with Crippen LogP contribution >= 0.6 is 11.3 Å². The molecule has 0 unspecified atom stereocenters. The monoisotopic (exact) mass is 436 g/mol. The molecule has 0 atom stereocenters. The van der Waals surface area contributed by atoms with Crippen LogP contribution in [0.1, 0.15) is 11.1 Å². The van der Waals surface area contributed by atoms with E-state index in [1.54, 1.807) is 18.4 Å². The number of carbonyl (C=O) groups is 1. The Morgan fingerprint density at radius 1 is 1.06 bits per heavy atom. The van der Waals surface area contributed by atoms with Crippen molar-refractivity contribution in [1.29, 1.82) is 0 Å². The van der Waals surface area contributed by atoms with E-state index in [1.165, 1.54) is 16.8 Å². The van der Waals surface area contributed by atoms with E-state index in [9.17, 15) is 4.79 Å². The number of aryl methyl sites for hydroxylation is 2. The number of amides is 1. The fraction of sp³-hybridized carbons (Fsp3) is 0.417. The summed E-state index contributed by atoms with van der Waals surface area (Å²) in [5.74, 6) is 1.16. The number of rotatable bonds is 4. The summed E-state index contributed by atoms with van der Waals surface area (Å²) in [7, 11) is 1.67. The van der Waals surface area contributed by atoms with E-state index in [2.05, 4.69) is 47.9 Å². The molecule has 5 rings (SSSR count). The number of anilines is 2. The van der Waals surface area contributed by atoms with Gasteiger partial charge in [-0.3, -0.25) is 4.79 Å². The third-order valence-electron chi connectivity index (χ3n) is 6.39. The van der Waals surface area contributed by atoms with Crippen LogP contribution in [-0.4, -0.2) is 62.2 Å². The Hall–Kier alpha value is -2.80. The minimum Gasteiger partial charge on any atom is -0.494 e. The summed E-state index contributed by atoms with van der Waals surface area (Å²) in [5.41, 5.74) is 4.78. The predicted octanol–water partition coefficient (Wildman–Crippen LogP) is 3.71. The van der Waals surface area contributed by atoms with Gasteiger partial charge in [-0.1, -0.05) is 29.5 Å². The van der Waals surface area contributed by atoms with Gasteiger partial charge in [0.2, 0.25) is 5.91 Å². The van der Waals surface area contributed by atoms with Gasteiger partial charge >= 0.3 is 0 Å². The van der Waals surface area contributed by atoms with Gasteiger partial charge < -0.3 is 19.4 Å². The summed E-state index contributed by atoms with van der Waals surface area (Å²) in [6.45, 7) is 9.16. The van der Waals surface area contributed by atoms with Crippen LogP contribution in [0.3, 0.4) is 0 Å². The highest BCUT2D eigenvalue weighted by Crippen LogP contribution is 2.37. The molecule has 2 aromatic carbocycles. The van der Waals surface area contributed by atoms with Crippen LogP contribution in [0.5, 0.6) is 5.75 Å². The number of hydrogen-bond donors (Lipinski definition) is 0. The van der Waals surface area contributed by atoms with E-state index in [-0.39, 0.29) is 11.8 Å². The van der Waals surface area contributed by atoms with Gasteiger partial charge in [-0.2, -0.15) is 0 Å². The van der Waals surface area contributed by atoms with Crippen molar-refractivity contribution in [2.75, 3.05) is 56.2 Å². The number of thiazole rings is 1. The van der Waals surface area contributed by atoms with Gasteiger partial charge in [-0.15, -0.1) is 0 Å². The molecule has 0 bridgehead atoms. The number of methoxy groups -OCH3 is 1. The number of nitrogens with zero attached hydrogens (tertiary/aromatic N) is 4. The van der Waals surface area contributed by atoms with Crippen LogP contribution in [0.15, 0.2) is 36.4 Å². The second-order valence-electron chi connectivity index (χ2n) is 8.51. The Morgan fingerprint density at radius 2 is 1.84 bits per heavy atom. The summed E-state index contributed by atoms with van der Waals surface area (Å²) < 4.78 is 6.54. The van der Waals surface area contributed by atoms with E-state index >= 15 is 0 Å². The molecule has 3 aromatic rings. The van der Waals surface area contributed by atoms with Crippen LogP contribution in [0.25, 0.3) is 10.2 Å². The lowest BCUT2D eigenvalue weighted by molar-refractivity contribution is -0.136. The van der Waals surface area contributed by atoms with Crippen molar-refractivity contribution in [3.05, 3.63) is 47.5 Å². The summed E-state index contributed by atoms with van der Waals surface area (Å²) in [4.78, 5) is 24.5. The zero-order valence-electron chi connectivity index (χ0n) is 18.3. The highest BCUT2D eigenvalue weighted by molar-refractivity contribution is 7.22. The summed E-state index contributed by atoms with van der Waals surface area (Å²) in [5, 5.41) is 0.975. The number of piperazine rings is 1. The Morgan fingerprint density at radius 3 is 2.58 bits per heavy atom. The zero-order chi connectivity index (χ0) is 21.5. The van der Waals surface area contributed by atoms with E-state index in [4.69, 9.17) is 9.72 Å². The lowest BCUT2D eigenvalue weighted by Crippen LogP contribution is -2.58. The molecule has 0 aliphatic carbocycles. The maximum Gasteiger partial charge on any atom is 0.229 e. The first-order chi connectivity index (χ1) is 15.0. The SMILES string of the molecule is COc1cccc2sc(N3CC(C(=O)N4CCN(c5cc(C)ccc5C)CC4)C3)nc12. The number of ether oxygens (including phenoxy) is 1. The first-order valence-electron chi connectivity index (χ1n) is 10.8. The molecule has 2 fully saturated rings. The van der Waals surface area contributed by atoms with Crippen molar-refractivity contribution in [3.8, 4) is 5.75 Å². The van der Waals surface area contributed by atoms with Crippen molar-refractivity contribution in [1.82, 2.24) is 9.88 Å². The molecule has 0 radical (unpaired) electrons. The van der Waals surface area contributed by atoms with Crippen LogP contribution in [0.2, 0.25) is 0 Å². The maximum atomic E-state index is 13.0. The fourth-order valence-electron chi connectivity index (χ4n) is 4.49. The highest BCUT2D eigenvalue weighted by atomic mass is 32.1. The van der Waals surface area contributed by atoms with E-state index in [0.29, 0.717) is 0 Å².